The summed E-state index contributed by atoms with van der Waals surface area (Å²) in [4.78, 5) is 30.3. The van der Waals surface area contributed by atoms with E-state index in [0.717, 1.165) is 11.0 Å². The van der Waals surface area contributed by atoms with Crippen molar-refractivity contribution in [3.8, 4) is 5.75 Å². The molecule has 1 aliphatic heterocycles. The minimum atomic E-state index is -0.673. The SMILES string of the molecule is Cn1c(CN2C(=O)COc3ccc(C(=O)NO)cc32)nc2ccc(Cl)cc21. The van der Waals surface area contributed by atoms with Crippen LogP contribution in [0.5, 0.6) is 5.75 Å². The van der Waals surface area contributed by atoms with Crippen molar-refractivity contribution in [1.29, 1.82) is 0 Å². The Morgan fingerprint density at radius 2 is 2.15 bits per heavy atom. The Morgan fingerprint density at radius 3 is 2.93 bits per heavy atom. The van der Waals surface area contributed by atoms with Crippen LogP contribution in [0.1, 0.15) is 16.2 Å². The second-order valence-corrected chi connectivity index (χ2v) is 6.55. The molecule has 2 N–H and O–H groups in total. The molecule has 27 heavy (non-hydrogen) atoms. The maximum absolute atomic E-state index is 12.5. The molecule has 3 aromatic rings. The fraction of sp³-hybridized carbons (Fsp3) is 0.167. The number of fused-ring (bicyclic) bond motifs is 2. The molecular weight excluding hydrogens is 372 g/mol. The van der Waals surface area contributed by atoms with E-state index in [-0.39, 0.29) is 24.6 Å². The van der Waals surface area contributed by atoms with Crippen LogP contribution in [0.3, 0.4) is 0 Å². The first-order valence-corrected chi connectivity index (χ1v) is 8.48. The van der Waals surface area contributed by atoms with E-state index < -0.39 is 5.91 Å². The number of nitrogens with one attached hydrogen (secondary N) is 1. The fourth-order valence-corrected chi connectivity index (χ4v) is 3.24. The van der Waals surface area contributed by atoms with E-state index in [1.54, 1.807) is 17.6 Å². The van der Waals surface area contributed by atoms with Gasteiger partial charge in [-0.05, 0) is 36.4 Å². The third-order valence-electron chi connectivity index (χ3n) is 4.50. The van der Waals surface area contributed by atoms with Gasteiger partial charge in [0.1, 0.15) is 11.6 Å². The quantitative estimate of drug-likeness (QED) is 0.531. The van der Waals surface area contributed by atoms with Gasteiger partial charge < -0.3 is 9.30 Å². The molecule has 0 bridgehead atoms. The average molecular weight is 387 g/mol. The summed E-state index contributed by atoms with van der Waals surface area (Å²) in [6, 6.07) is 9.99. The smallest absolute Gasteiger partial charge is 0.274 e. The molecule has 1 aromatic heterocycles. The number of anilines is 1. The average Bonchev–Trinajstić information content (AvgIpc) is 2.98. The van der Waals surface area contributed by atoms with Crippen LogP contribution in [0.15, 0.2) is 36.4 Å². The standard InChI is InChI=1S/C18H15ClN4O4/c1-22-13-7-11(19)3-4-12(13)20-16(22)8-23-14-6-10(18(25)21-26)2-5-15(14)27-9-17(23)24/h2-7,26H,8-9H2,1H3,(H,21,25). The molecule has 2 heterocycles. The first-order valence-electron chi connectivity index (χ1n) is 8.10. The van der Waals surface area contributed by atoms with Crippen molar-refractivity contribution in [1.82, 2.24) is 15.0 Å². The summed E-state index contributed by atoms with van der Waals surface area (Å²) < 4.78 is 7.32. The van der Waals surface area contributed by atoms with Crippen molar-refractivity contribution in [3.05, 3.63) is 52.8 Å². The molecule has 0 spiro atoms. The maximum Gasteiger partial charge on any atom is 0.274 e. The number of aryl methyl sites for hydroxylation is 1. The molecule has 9 heteroatoms. The molecule has 2 amide bonds. The van der Waals surface area contributed by atoms with Crippen molar-refractivity contribution < 1.29 is 19.5 Å². The summed E-state index contributed by atoms with van der Waals surface area (Å²) in [6.07, 6.45) is 0. The molecule has 2 aromatic carbocycles. The first kappa shape index (κ1) is 17.3. The molecule has 138 valence electrons. The Hall–Kier alpha value is -3.10. The highest BCUT2D eigenvalue weighted by atomic mass is 35.5. The van der Waals surface area contributed by atoms with Gasteiger partial charge in [-0.25, -0.2) is 10.5 Å². The van der Waals surface area contributed by atoms with Gasteiger partial charge in [0.2, 0.25) is 0 Å². The zero-order chi connectivity index (χ0) is 19.1. The largest absolute Gasteiger partial charge is 0.482 e. The van der Waals surface area contributed by atoms with Crippen LogP contribution in [0, 0.1) is 0 Å². The van der Waals surface area contributed by atoms with Gasteiger partial charge in [0.15, 0.2) is 6.61 Å². The third-order valence-corrected chi connectivity index (χ3v) is 4.74. The minimum absolute atomic E-state index is 0.103. The molecule has 0 saturated heterocycles. The molecule has 0 atom stereocenters. The molecule has 1 aliphatic rings. The van der Waals surface area contributed by atoms with Crippen LogP contribution in [0.4, 0.5) is 5.69 Å². The summed E-state index contributed by atoms with van der Waals surface area (Å²) in [7, 11) is 1.85. The minimum Gasteiger partial charge on any atom is -0.482 e. The van der Waals surface area contributed by atoms with E-state index in [0.29, 0.717) is 22.3 Å². The van der Waals surface area contributed by atoms with Gasteiger partial charge in [0.05, 0.1) is 23.3 Å². The van der Waals surface area contributed by atoms with E-state index in [9.17, 15) is 9.59 Å². The molecule has 4 rings (SSSR count). The number of nitrogens with zero attached hydrogens (tertiary/aromatic N) is 3. The van der Waals surface area contributed by atoms with Crippen molar-refractivity contribution in [2.45, 2.75) is 6.54 Å². The fourth-order valence-electron chi connectivity index (χ4n) is 3.08. The Kier molecular flexibility index (Phi) is 4.21. The maximum atomic E-state index is 12.5. The van der Waals surface area contributed by atoms with Crippen LogP contribution in [0.25, 0.3) is 11.0 Å². The van der Waals surface area contributed by atoms with Gasteiger partial charge in [-0.15, -0.1) is 0 Å². The van der Waals surface area contributed by atoms with E-state index >= 15 is 0 Å². The number of ether oxygens (including phenoxy) is 1. The highest BCUT2D eigenvalue weighted by Gasteiger charge is 2.28. The Bertz CT molecular complexity index is 1080. The number of hydroxylamine groups is 1. The van der Waals surface area contributed by atoms with Gasteiger partial charge in [-0.1, -0.05) is 11.6 Å². The van der Waals surface area contributed by atoms with Gasteiger partial charge in [-0.3, -0.25) is 19.7 Å². The lowest BCUT2D eigenvalue weighted by atomic mass is 10.1. The molecule has 8 nitrogen and oxygen atoms in total. The van der Waals surface area contributed by atoms with Crippen molar-refractivity contribution in [2.24, 2.45) is 7.05 Å². The number of carbonyl (C=O) groups excluding carboxylic acids is 2. The topological polar surface area (TPSA) is 96.7 Å². The van der Waals surface area contributed by atoms with Gasteiger partial charge in [0, 0.05) is 17.6 Å². The van der Waals surface area contributed by atoms with E-state index in [1.807, 2.05) is 23.7 Å². The number of hydrogen-bond acceptors (Lipinski definition) is 5. The number of aromatic nitrogens is 2. The van der Waals surface area contributed by atoms with E-state index in [4.69, 9.17) is 21.5 Å². The molecule has 0 unspecified atom stereocenters. The Balaban J connectivity index is 1.75. The Labute approximate surface area is 158 Å². The highest BCUT2D eigenvalue weighted by Crippen LogP contribution is 2.34. The lowest BCUT2D eigenvalue weighted by molar-refractivity contribution is -0.121. The van der Waals surface area contributed by atoms with Crippen LogP contribution >= 0.6 is 11.6 Å². The molecule has 0 aliphatic carbocycles. The van der Waals surface area contributed by atoms with Crippen molar-refractivity contribution in [2.75, 3.05) is 11.5 Å². The number of rotatable bonds is 3. The van der Waals surface area contributed by atoms with Crippen LogP contribution in [0.2, 0.25) is 5.02 Å². The monoisotopic (exact) mass is 386 g/mol. The van der Waals surface area contributed by atoms with Gasteiger partial charge in [0.25, 0.3) is 11.8 Å². The highest BCUT2D eigenvalue weighted by molar-refractivity contribution is 6.31. The van der Waals surface area contributed by atoms with E-state index in [2.05, 4.69) is 4.98 Å². The van der Waals surface area contributed by atoms with Crippen LogP contribution in [-0.2, 0) is 18.4 Å². The van der Waals surface area contributed by atoms with E-state index in [1.165, 1.54) is 17.0 Å². The zero-order valence-corrected chi connectivity index (χ0v) is 15.0. The predicted molar refractivity (Wildman–Crippen MR) is 98.1 cm³/mol. The van der Waals surface area contributed by atoms with Crippen molar-refractivity contribution in [3.63, 3.8) is 0 Å². The zero-order valence-electron chi connectivity index (χ0n) is 14.3. The number of halogens is 1. The lowest BCUT2D eigenvalue weighted by Crippen LogP contribution is -2.39. The summed E-state index contributed by atoms with van der Waals surface area (Å²) in [5, 5.41) is 9.45. The second kappa shape index (κ2) is 6.57. The number of benzene rings is 2. The predicted octanol–water partition coefficient (Wildman–Crippen LogP) is 2.27. The van der Waals surface area contributed by atoms with Crippen LogP contribution in [-0.4, -0.2) is 33.2 Å². The number of carbonyl (C=O) groups is 2. The Morgan fingerprint density at radius 1 is 1.33 bits per heavy atom. The third kappa shape index (κ3) is 2.98. The first-order chi connectivity index (χ1) is 13.0. The van der Waals surface area contributed by atoms with Crippen molar-refractivity contribution >= 4 is 40.1 Å². The number of imidazole rings is 1. The molecule has 0 fully saturated rings. The van der Waals surface area contributed by atoms with Crippen LogP contribution < -0.4 is 15.1 Å². The molecule has 0 radical (unpaired) electrons. The normalized spacial score (nSPS) is 13.4. The van der Waals surface area contributed by atoms with Gasteiger partial charge in [-0.2, -0.15) is 0 Å². The number of hydrogen-bond donors (Lipinski definition) is 2. The summed E-state index contributed by atoms with van der Waals surface area (Å²) in [6.45, 7) is 0.0938. The summed E-state index contributed by atoms with van der Waals surface area (Å²) >= 11 is 6.06. The summed E-state index contributed by atoms with van der Waals surface area (Å²) in [5.74, 6) is 0.207. The second-order valence-electron chi connectivity index (χ2n) is 6.11. The molecule has 0 saturated carbocycles. The number of amides is 2. The molecular formula is C18H15ClN4O4. The summed E-state index contributed by atoms with van der Waals surface area (Å²) in [5.41, 5.74) is 3.85. The lowest BCUT2D eigenvalue weighted by Gasteiger charge is -2.29. The van der Waals surface area contributed by atoms with Gasteiger partial charge >= 0.3 is 0 Å².